The third kappa shape index (κ3) is 3.79. The second kappa shape index (κ2) is 6.53. The molecule has 0 aliphatic carbocycles. The van der Waals surface area contributed by atoms with Crippen LogP contribution in [0.4, 0.5) is 15.8 Å². The van der Waals surface area contributed by atoms with Crippen LogP contribution in [0, 0.1) is 22.9 Å². The molecule has 5 nitrogen and oxygen atoms in total. The van der Waals surface area contributed by atoms with Gasteiger partial charge >= 0.3 is 0 Å². The summed E-state index contributed by atoms with van der Waals surface area (Å²) in [6, 6.07) is 8.20. The molecule has 0 bridgehead atoms. The van der Waals surface area contributed by atoms with E-state index in [1.54, 1.807) is 13.0 Å². The smallest absolute Gasteiger partial charge is 0.271 e. The van der Waals surface area contributed by atoms with E-state index in [2.05, 4.69) is 5.32 Å². The summed E-state index contributed by atoms with van der Waals surface area (Å²) in [5, 5.41) is 13.4. The minimum Gasteiger partial charge on any atom is -0.324 e. The molecule has 0 aliphatic rings. The molecule has 1 amide bonds. The van der Waals surface area contributed by atoms with Crippen molar-refractivity contribution in [1.29, 1.82) is 0 Å². The number of nitrogens with zero attached hydrogens (tertiary/aromatic N) is 1. The van der Waals surface area contributed by atoms with E-state index in [9.17, 15) is 19.3 Å². The van der Waals surface area contributed by atoms with Gasteiger partial charge in [0.15, 0.2) is 0 Å². The second-order valence-corrected chi connectivity index (χ2v) is 5.14. The topological polar surface area (TPSA) is 72.2 Å². The van der Waals surface area contributed by atoms with Gasteiger partial charge in [-0.15, -0.1) is 0 Å². The van der Waals surface area contributed by atoms with Crippen molar-refractivity contribution in [1.82, 2.24) is 0 Å². The van der Waals surface area contributed by atoms with E-state index in [0.717, 1.165) is 0 Å². The van der Waals surface area contributed by atoms with Crippen LogP contribution >= 0.6 is 11.6 Å². The maximum atomic E-state index is 13.1. The van der Waals surface area contributed by atoms with Crippen molar-refractivity contribution in [2.45, 2.75) is 13.3 Å². The van der Waals surface area contributed by atoms with Crippen LogP contribution in [0.15, 0.2) is 36.4 Å². The third-order valence-corrected chi connectivity index (χ3v) is 3.30. The number of aryl methyl sites for hydroxylation is 1. The average molecular weight is 323 g/mol. The van der Waals surface area contributed by atoms with Crippen LogP contribution in [0.25, 0.3) is 0 Å². The highest BCUT2D eigenvalue weighted by molar-refractivity contribution is 6.34. The summed E-state index contributed by atoms with van der Waals surface area (Å²) in [7, 11) is 0. The van der Waals surface area contributed by atoms with Crippen molar-refractivity contribution in [3.8, 4) is 0 Å². The maximum Gasteiger partial charge on any atom is 0.271 e. The molecule has 0 saturated heterocycles. The highest BCUT2D eigenvalue weighted by Gasteiger charge is 2.15. The number of carbonyl (C=O) groups excluding carboxylic acids is 1. The number of nitro groups is 1. The standard InChI is InChI=1S/C15H12ClFN2O3/c1-9-5-12(19(21)22)8-13(16)15(9)18-14(20)7-10-3-2-4-11(17)6-10/h2-6,8H,7H2,1H3,(H,18,20). The Bertz CT molecular complexity index is 726. The largest absolute Gasteiger partial charge is 0.324 e. The van der Waals surface area contributed by atoms with Crippen molar-refractivity contribution in [2.24, 2.45) is 0 Å². The van der Waals surface area contributed by atoms with Crippen LogP contribution < -0.4 is 5.32 Å². The van der Waals surface area contributed by atoms with Gasteiger partial charge in [-0.3, -0.25) is 14.9 Å². The molecule has 7 heteroatoms. The summed E-state index contributed by atoms with van der Waals surface area (Å²) in [5.41, 5.74) is 1.17. The molecule has 114 valence electrons. The van der Waals surface area contributed by atoms with Gasteiger partial charge in [0.25, 0.3) is 5.69 Å². The summed E-state index contributed by atoms with van der Waals surface area (Å²) in [6.45, 7) is 1.61. The molecular formula is C15H12ClFN2O3. The molecule has 22 heavy (non-hydrogen) atoms. The van der Waals surface area contributed by atoms with Gasteiger partial charge in [-0.05, 0) is 30.2 Å². The molecule has 0 fully saturated rings. The summed E-state index contributed by atoms with van der Waals surface area (Å²) < 4.78 is 13.1. The number of hydrogen-bond donors (Lipinski definition) is 1. The number of non-ortho nitro benzene ring substituents is 1. The molecule has 2 aromatic carbocycles. The molecule has 0 atom stereocenters. The normalized spacial score (nSPS) is 10.3. The maximum absolute atomic E-state index is 13.1. The zero-order valence-corrected chi connectivity index (χ0v) is 12.4. The van der Waals surface area contributed by atoms with E-state index in [-0.39, 0.29) is 23.0 Å². The fraction of sp³-hybridized carbons (Fsp3) is 0.133. The molecule has 0 aromatic heterocycles. The summed E-state index contributed by atoms with van der Waals surface area (Å²) in [5.74, 6) is -0.806. The predicted octanol–water partition coefficient (Wildman–Crippen LogP) is 3.88. The molecule has 0 radical (unpaired) electrons. The van der Waals surface area contributed by atoms with Crippen molar-refractivity contribution < 1.29 is 14.1 Å². The molecule has 1 N–H and O–H groups in total. The number of anilines is 1. The van der Waals surface area contributed by atoms with Crippen LogP contribution in [0.1, 0.15) is 11.1 Å². The van der Waals surface area contributed by atoms with Crippen molar-refractivity contribution in [3.05, 3.63) is 68.5 Å². The molecule has 2 rings (SSSR count). The van der Waals surface area contributed by atoms with Gasteiger partial charge < -0.3 is 5.32 Å². The minimum atomic E-state index is -0.558. The lowest BCUT2D eigenvalue weighted by Gasteiger charge is -2.10. The SMILES string of the molecule is Cc1cc([N+](=O)[O-])cc(Cl)c1NC(=O)Cc1cccc(F)c1. The number of benzene rings is 2. The van der Waals surface area contributed by atoms with Gasteiger partial charge in [-0.1, -0.05) is 23.7 Å². The highest BCUT2D eigenvalue weighted by Crippen LogP contribution is 2.30. The first-order valence-electron chi connectivity index (χ1n) is 6.35. The van der Waals surface area contributed by atoms with Crippen molar-refractivity contribution in [3.63, 3.8) is 0 Å². The summed E-state index contributed by atoms with van der Waals surface area (Å²) in [4.78, 5) is 22.2. The molecule has 0 spiro atoms. The number of nitrogens with one attached hydrogen (secondary N) is 1. The molecule has 0 heterocycles. The van der Waals surface area contributed by atoms with Gasteiger partial charge in [0, 0.05) is 12.1 Å². The molecule has 2 aromatic rings. The molecule has 0 saturated carbocycles. The average Bonchev–Trinajstić information content (AvgIpc) is 2.42. The van der Waals surface area contributed by atoms with E-state index in [0.29, 0.717) is 16.8 Å². The van der Waals surface area contributed by atoms with Crippen LogP contribution in [0.5, 0.6) is 0 Å². The Morgan fingerprint density at radius 3 is 2.68 bits per heavy atom. The predicted molar refractivity (Wildman–Crippen MR) is 81.6 cm³/mol. The Labute approximate surface area is 130 Å². The second-order valence-electron chi connectivity index (χ2n) is 4.73. The summed E-state index contributed by atoms with van der Waals surface area (Å²) in [6.07, 6.45) is -0.0233. The monoisotopic (exact) mass is 322 g/mol. The number of nitro benzene ring substituents is 1. The Balaban J connectivity index is 2.16. The number of hydrogen-bond acceptors (Lipinski definition) is 3. The van der Waals surface area contributed by atoms with Gasteiger partial charge in [0.1, 0.15) is 5.82 Å². The first-order chi connectivity index (χ1) is 10.4. The Morgan fingerprint density at radius 1 is 1.36 bits per heavy atom. The lowest BCUT2D eigenvalue weighted by atomic mass is 10.1. The van der Waals surface area contributed by atoms with E-state index in [1.807, 2.05) is 0 Å². The third-order valence-electron chi connectivity index (χ3n) is 3.00. The zero-order valence-electron chi connectivity index (χ0n) is 11.6. The van der Waals surface area contributed by atoms with Crippen molar-refractivity contribution in [2.75, 3.05) is 5.32 Å². The quantitative estimate of drug-likeness (QED) is 0.686. The van der Waals surface area contributed by atoms with E-state index >= 15 is 0 Å². The van der Waals surface area contributed by atoms with Crippen LogP contribution in [-0.4, -0.2) is 10.8 Å². The highest BCUT2D eigenvalue weighted by atomic mass is 35.5. The number of amides is 1. The van der Waals surface area contributed by atoms with E-state index < -0.39 is 10.7 Å². The van der Waals surface area contributed by atoms with Crippen LogP contribution in [0.2, 0.25) is 5.02 Å². The first-order valence-corrected chi connectivity index (χ1v) is 6.73. The molecule has 0 aliphatic heterocycles. The van der Waals surface area contributed by atoms with Gasteiger partial charge in [-0.25, -0.2) is 4.39 Å². The van der Waals surface area contributed by atoms with Crippen LogP contribution in [0.3, 0.4) is 0 Å². The van der Waals surface area contributed by atoms with Gasteiger partial charge in [0.05, 0.1) is 22.1 Å². The lowest BCUT2D eigenvalue weighted by molar-refractivity contribution is -0.384. The molecule has 0 unspecified atom stereocenters. The fourth-order valence-electron chi connectivity index (χ4n) is 2.01. The Hall–Kier alpha value is -2.47. The Kier molecular flexibility index (Phi) is 4.72. The van der Waals surface area contributed by atoms with Gasteiger partial charge in [-0.2, -0.15) is 0 Å². The fourth-order valence-corrected chi connectivity index (χ4v) is 2.31. The number of rotatable bonds is 4. The minimum absolute atomic E-state index is 0.0233. The summed E-state index contributed by atoms with van der Waals surface area (Å²) >= 11 is 5.97. The lowest BCUT2D eigenvalue weighted by Crippen LogP contribution is -2.15. The van der Waals surface area contributed by atoms with E-state index in [4.69, 9.17) is 11.6 Å². The zero-order chi connectivity index (χ0) is 16.3. The van der Waals surface area contributed by atoms with Crippen LogP contribution in [-0.2, 0) is 11.2 Å². The molecular weight excluding hydrogens is 311 g/mol. The van der Waals surface area contributed by atoms with Crippen molar-refractivity contribution >= 4 is 28.9 Å². The number of halogens is 2. The number of carbonyl (C=O) groups is 1. The Morgan fingerprint density at radius 2 is 2.09 bits per heavy atom. The van der Waals surface area contributed by atoms with E-state index in [1.165, 1.54) is 30.3 Å². The van der Waals surface area contributed by atoms with Gasteiger partial charge in [0.2, 0.25) is 5.91 Å². The first kappa shape index (κ1) is 15.9.